The van der Waals surface area contributed by atoms with Gasteiger partial charge >= 0.3 is 0 Å². The van der Waals surface area contributed by atoms with Gasteiger partial charge in [-0.25, -0.2) is 0 Å². The lowest BCUT2D eigenvalue weighted by Gasteiger charge is -2.11. The van der Waals surface area contributed by atoms with Crippen molar-refractivity contribution in [2.24, 2.45) is 4.99 Å². The lowest BCUT2D eigenvalue weighted by molar-refractivity contribution is 0.473. The smallest absolute Gasteiger partial charge is 0.125 e. The molecule has 0 saturated carbocycles. The summed E-state index contributed by atoms with van der Waals surface area (Å²) in [5.74, 6) is 0.150. The largest absolute Gasteiger partial charge is 0.507 e. The molecule has 0 fully saturated rings. The van der Waals surface area contributed by atoms with E-state index in [1.165, 1.54) is 6.07 Å². The van der Waals surface area contributed by atoms with Crippen molar-refractivity contribution < 1.29 is 5.11 Å². The number of rotatable bonds is 0. The van der Waals surface area contributed by atoms with Crippen molar-refractivity contribution in [2.75, 3.05) is 6.54 Å². The Morgan fingerprint density at radius 3 is 3.08 bits per heavy atom. The van der Waals surface area contributed by atoms with Crippen LogP contribution in [-0.4, -0.2) is 17.9 Å². The van der Waals surface area contributed by atoms with E-state index in [0.29, 0.717) is 5.56 Å². The van der Waals surface area contributed by atoms with Gasteiger partial charge in [-0.2, -0.15) is 5.26 Å². The lowest BCUT2D eigenvalue weighted by Crippen LogP contribution is -2.03. The number of aromatic hydroxyl groups is 1. The van der Waals surface area contributed by atoms with E-state index in [9.17, 15) is 5.11 Å². The van der Waals surface area contributed by atoms with Gasteiger partial charge in [0.15, 0.2) is 0 Å². The number of phenolic OH excluding ortho intramolecular Hbond substituents is 1. The summed E-state index contributed by atoms with van der Waals surface area (Å²) in [6, 6.07) is 5.29. The fourth-order valence-electron chi connectivity index (χ4n) is 1.46. The maximum atomic E-state index is 9.53. The highest BCUT2D eigenvalue weighted by Gasteiger charge is 2.10. The molecule has 0 bridgehead atoms. The lowest BCUT2D eigenvalue weighted by atomic mass is 9.99. The molecule has 1 N–H and O–H groups in total. The molecule has 1 aliphatic rings. The summed E-state index contributed by atoms with van der Waals surface area (Å²) in [4.78, 5) is 4.07. The molecule has 3 nitrogen and oxygen atoms in total. The van der Waals surface area contributed by atoms with Crippen molar-refractivity contribution in [3.63, 3.8) is 0 Å². The number of nitriles is 1. The van der Waals surface area contributed by atoms with Crippen molar-refractivity contribution in [3.8, 4) is 11.8 Å². The standard InChI is InChI=1S/C10H8N2O/c11-5-7-3-8-1-2-12-6-9(8)10(13)4-7/h3-4,6,13H,1-2H2. The Bertz CT molecular complexity index is 416. The molecule has 1 heterocycles. The van der Waals surface area contributed by atoms with Gasteiger partial charge in [0.1, 0.15) is 5.75 Å². The zero-order valence-corrected chi connectivity index (χ0v) is 6.99. The molecule has 0 spiro atoms. The summed E-state index contributed by atoms with van der Waals surface area (Å²) in [5.41, 5.74) is 2.27. The minimum Gasteiger partial charge on any atom is -0.507 e. The van der Waals surface area contributed by atoms with Gasteiger partial charge in [0.25, 0.3) is 0 Å². The van der Waals surface area contributed by atoms with Crippen LogP contribution in [0.4, 0.5) is 0 Å². The van der Waals surface area contributed by atoms with E-state index in [0.717, 1.165) is 24.1 Å². The van der Waals surface area contributed by atoms with Gasteiger partial charge in [-0.05, 0) is 24.1 Å². The second-order valence-electron chi connectivity index (χ2n) is 2.97. The van der Waals surface area contributed by atoms with E-state index >= 15 is 0 Å². The maximum absolute atomic E-state index is 9.53. The molecule has 0 radical (unpaired) electrons. The maximum Gasteiger partial charge on any atom is 0.125 e. The van der Waals surface area contributed by atoms with E-state index in [2.05, 4.69) is 4.99 Å². The normalized spacial score (nSPS) is 13.5. The van der Waals surface area contributed by atoms with Crippen LogP contribution >= 0.6 is 0 Å². The van der Waals surface area contributed by atoms with E-state index in [1.807, 2.05) is 6.07 Å². The summed E-state index contributed by atoms with van der Waals surface area (Å²) in [6.45, 7) is 0.737. The van der Waals surface area contributed by atoms with Gasteiger partial charge < -0.3 is 5.11 Å². The number of hydrogen-bond acceptors (Lipinski definition) is 3. The summed E-state index contributed by atoms with van der Waals surface area (Å²) < 4.78 is 0. The van der Waals surface area contributed by atoms with Gasteiger partial charge in [-0.3, -0.25) is 4.99 Å². The van der Waals surface area contributed by atoms with Crippen LogP contribution in [0.1, 0.15) is 16.7 Å². The molecular formula is C10H8N2O. The quantitative estimate of drug-likeness (QED) is 0.640. The average molecular weight is 172 g/mol. The highest BCUT2D eigenvalue weighted by atomic mass is 16.3. The Hall–Kier alpha value is -1.82. The third kappa shape index (κ3) is 1.27. The summed E-state index contributed by atoms with van der Waals surface area (Å²) >= 11 is 0. The second-order valence-corrected chi connectivity index (χ2v) is 2.97. The first-order valence-electron chi connectivity index (χ1n) is 4.07. The fourth-order valence-corrected chi connectivity index (χ4v) is 1.46. The molecule has 0 saturated heterocycles. The molecule has 1 aliphatic heterocycles. The highest BCUT2D eigenvalue weighted by molar-refractivity contribution is 5.86. The van der Waals surface area contributed by atoms with E-state index in [1.54, 1.807) is 12.3 Å². The Labute approximate surface area is 76.0 Å². The Morgan fingerprint density at radius 2 is 2.31 bits per heavy atom. The first kappa shape index (κ1) is 7.81. The molecule has 0 atom stereocenters. The fraction of sp³-hybridized carbons (Fsp3) is 0.200. The second kappa shape index (κ2) is 2.91. The molecule has 1 aromatic rings. The summed E-state index contributed by atoms with van der Waals surface area (Å²) in [6.07, 6.45) is 2.46. The number of aliphatic imine (C=N–C) groups is 1. The topological polar surface area (TPSA) is 56.4 Å². The molecule has 0 unspecified atom stereocenters. The zero-order chi connectivity index (χ0) is 9.26. The number of nitrogens with zero attached hydrogens (tertiary/aromatic N) is 2. The Morgan fingerprint density at radius 1 is 1.46 bits per heavy atom. The minimum absolute atomic E-state index is 0.150. The van der Waals surface area contributed by atoms with Crippen molar-refractivity contribution in [3.05, 3.63) is 28.8 Å². The molecule has 64 valence electrons. The van der Waals surface area contributed by atoms with Crippen LogP contribution in [-0.2, 0) is 6.42 Å². The molecule has 0 aromatic heterocycles. The molecule has 2 rings (SSSR count). The molecule has 13 heavy (non-hydrogen) atoms. The summed E-state index contributed by atoms with van der Waals surface area (Å²) in [7, 11) is 0. The van der Waals surface area contributed by atoms with Crippen LogP contribution in [0.15, 0.2) is 17.1 Å². The monoisotopic (exact) mass is 172 g/mol. The first-order valence-corrected chi connectivity index (χ1v) is 4.07. The van der Waals surface area contributed by atoms with Crippen LogP contribution in [0.3, 0.4) is 0 Å². The Kier molecular flexibility index (Phi) is 1.75. The zero-order valence-electron chi connectivity index (χ0n) is 6.99. The van der Waals surface area contributed by atoms with Gasteiger partial charge in [0, 0.05) is 18.3 Å². The van der Waals surface area contributed by atoms with Crippen molar-refractivity contribution in [1.82, 2.24) is 0 Å². The van der Waals surface area contributed by atoms with Crippen LogP contribution in [0.25, 0.3) is 0 Å². The SMILES string of the molecule is N#Cc1cc(O)c2c(c1)CCN=C2. The molecule has 0 amide bonds. The predicted molar refractivity (Wildman–Crippen MR) is 49.0 cm³/mol. The van der Waals surface area contributed by atoms with Crippen LogP contribution in [0, 0.1) is 11.3 Å². The van der Waals surface area contributed by atoms with Gasteiger partial charge in [0.2, 0.25) is 0 Å². The third-order valence-electron chi connectivity index (χ3n) is 2.10. The van der Waals surface area contributed by atoms with E-state index in [4.69, 9.17) is 5.26 Å². The number of benzene rings is 1. The van der Waals surface area contributed by atoms with Gasteiger partial charge in [-0.1, -0.05) is 0 Å². The van der Waals surface area contributed by atoms with Gasteiger partial charge in [0.05, 0.1) is 11.6 Å². The predicted octanol–water partition coefficient (Wildman–Crippen LogP) is 1.24. The van der Waals surface area contributed by atoms with Crippen molar-refractivity contribution in [2.45, 2.75) is 6.42 Å². The van der Waals surface area contributed by atoms with Crippen molar-refractivity contribution in [1.29, 1.82) is 5.26 Å². The first-order chi connectivity index (χ1) is 6.31. The third-order valence-corrected chi connectivity index (χ3v) is 2.10. The van der Waals surface area contributed by atoms with Crippen LogP contribution in [0.5, 0.6) is 5.75 Å². The Balaban J connectivity index is 2.63. The number of fused-ring (bicyclic) bond motifs is 1. The molecule has 1 aromatic carbocycles. The number of hydrogen-bond donors (Lipinski definition) is 1. The average Bonchev–Trinajstić information content (AvgIpc) is 2.18. The van der Waals surface area contributed by atoms with E-state index < -0.39 is 0 Å². The highest BCUT2D eigenvalue weighted by Crippen LogP contribution is 2.24. The van der Waals surface area contributed by atoms with E-state index in [-0.39, 0.29) is 5.75 Å². The summed E-state index contributed by atoms with van der Waals surface area (Å²) in [5, 5.41) is 18.2. The van der Waals surface area contributed by atoms with Crippen LogP contribution < -0.4 is 0 Å². The minimum atomic E-state index is 0.150. The molecular weight excluding hydrogens is 164 g/mol. The number of phenols is 1. The van der Waals surface area contributed by atoms with Crippen molar-refractivity contribution >= 4 is 6.21 Å². The van der Waals surface area contributed by atoms with Crippen LogP contribution in [0.2, 0.25) is 0 Å². The van der Waals surface area contributed by atoms with Gasteiger partial charge in [-0.15, -0.1) is 0 Å². The molecule has 3 heteroatoms. The molecule has 0 aliphatic carbocycles.